The minimum Gasteiger partial charge on any atom is -0.390 e. The normalized spacial score (nSPS) is 15.6. The van der Waals surface area contributed by atoms with Crippen molar-refractivity contribution in [2.24, 2.45) is 0 Å². The lowest BCUT2D eigenvalue weighted by molar-refractivity contribution is 0.115. The molecule has 0 saturated heterocycles. The third kappa shape index (κ3) is 8.08. The van der Waals surface area contributed by atoms with Crippen LogP contribution < -0.4 is 5.32 Å². The van der Waals surface area contributed by atoms with E-state index in [2.05, 4.69) is 37.2 Å². The summed E-state index contributed by atoms with van der Waals surface area (Å²) in [6.07, 6.45) is 1.85. The molecule has 3 nitrogen and oxygen atoms in total. The highest BCUT2D eigenvalue weighted by Gasteiger charge is 2.09. The molecule has 0 amide bonds. The van der Waals surface area contributed by atoms with Gasteiger partial charge in [-0.3, -0.25) is 0 Å². The second-order valence-corrected chi connectivity index (χ2v) is 4.81. The van der Waals surface area contributed by atoms with Crippen molar-refractivity contribution in [2.45, 2.75) is 32.9 Å². The maximum absolute atomic E-state index is 9.79. The zero-order valence-electron chi connectivity index (χ0n) is 10.5. The van der Waals surface area contributed by atoms with E-state index in [1.807, 2.05) is 11.8 Å². The van der Waals surface area contributed by atoms with E-state index in [0.29, 0.717) is 12.6 Å². The number of aliphatic hydroxyl groups excluding tert-OH is 1. The number of aliphatic hydroxyl groups is 1. The maximum atomic E-state index is 9.79. The summed E-state index contributed by atoms with van der Waals surface area (Å²) in [6.45, 7) is 9.88. The molecule has 92 valence electrons. The van der Waals surface area contributed by atoms with Crippen LogP contribution in [0.15, 0.2) is 0 Å². The van der Waals surface area contributed by atoms with Crippen molar-refractivity contribution in [1.82, 2.24) is 10.2 Å². The van der Waals surface area contributed by atoms with Crippen molar-refractivity contribution in [3.63, 3.8) is 0 Å². The Morgan fingerprint density at radius 3 is 2.40 bits per heavy atom. The molecule has 0 saturated carbocycles. The molecule has 0 spiro atoms. The Morgan fingerprint density at radius 2 is 1.93 bits per heavy atom. The Bertz CT molecular complexity index is 143. The number of rotatable bonds is 9. The van der Waals surface area contributed by atoms with Gasteiger partial charge in [-0.05, 0) is 26.3 Å². The molecular formula is C11H26N2OS. The van der Waals surface area contributed by atoms with Gasteiger partial charge in [0.05, 0.1) is 6.10 Å². The lowest BCUT2D eigenvalue weighted by Gasteiger charge is -2.23. The van der Waals surface area contributed by atoms with Gasteiger partial charge >= 0.3 is 0 Å². The van der Waals surface area contributed by atoms with Gasteiger partial charge in [0.25, 0.3) is 0 Å². The van der Waals surface area contributed by atoms with Crippen molar-refractivity contribution in [3.05, 3.63) is 0 Å². The summed E-state index contributed by atoms with van der Waals surface area (Å²) in [6, 6.07) is 0.478. The Kier molecular flexibility index (Phi) is 9.60. The number of nitrogens with one attached hydrogen (secondary N) is 1. The Balaban J connectivity index is 3.59. The fraction of sp³-hybridized carbons (Fsp3) is 1.00. The summed E-state index contributed by atoms with van der Waals surface area (Å²) in [5.74, 6) is 1.10. The number of likely N-dealkylation sites (N-methyl/N-ethyl adjacent to an activating group) is 1. The predicted octanol–water partition coefficient (Wildman–Crippen LogP) is 1.03. The van der Waals surface area contributed by atoms with E-state index in [1.54, 1.807) is 0 Å². The maximum Gasteiger partial charge on any atom is 0.0791 e. The van der Waals surface area contributed by atoms with Gasteiger partial charge in [0.1, 0.15) is 0 Å². The first kappa shape index (κ1) is 15.2. The molecule has 15 heavy (non-hydrogen) atoms. The molecule has 0 rings (SSSR count). The van der Waals surface area contributed by atoms with E-state index in [-0.39, 0.29) is 6.10 Å². The highest BCUT2D eigenvalue weighted by atomic mass is 32.2. The molecule has 0 heterocycles. The van der Waals surface area contributed by atoms with Crippen molar-refractivity contribution in [1.29, 1.82) is 0 Å². The van der Waals surface area contributed by atoms with Crippen LogP contribution in [-0.4, -0.2) is 60.3 Å². The molecule has 0 aliphatic carbocycles. The van der Waals surface area contributed by atoms with Crippen LogP contribution in [0.5, 0.6) is 0 Å². The number of hydrogen-bond donors (Lipinski definition) is 2. The number of thioether (sulfide) groups is 1. The summed E-state index contributed by atoms with van der Waals surface area (Å²) in [5, 5.41) is 13.1. The zero-order chi connectivity index (χ0) is 11.7. The van der Waals surface area contributed by atoms with Gasteiger partial charge in [-0.15, -0.1) is 0 Å². The third-order valence-corrected chi connectivity index (χ3v) is 3.32. The van der Waals surface area contributed by atoms with Gasteiger partial charge in [0, 0.05) is 24.9 Å². The average molecular weight is 234 g/mol. The standard InChI is InChI=1S/C11H26N2OS/c1-5-13(6-2)8-11(14)7-12-10(3)9-15-4/h10-12,14H,5-9H2,1-4H3. The van der Waals surface area contributed by atoms with Crippen molar-refractivity contribution < 1.29 is 5.11 Å². The van der Waals surface area contributed by atoms with Crippen LogP contribution in [0.25, 0.3) is 0 Å². The topological polar surface area (TPSA) is 35.5 Å². The summed E-state index contributed by atoms with van der Waals surface area (Å²) in [7, 11) is 0. The van der Waals surface area contributed by atoms with Gasteiger partial charge in [-0.25, -0.2) is 0 Å². The van der Waals surface area contributed by atoms with Gasteiger partial charge in [-0.1, -0.05) is 13.8 Å². The molecule has 0 fully saturated rings. The second kappa shape index (κ2) is 9.46. The summed E-state index contributed by atoms with van der Waals surface area (Å²) in [4.78, 5) is 2.24. The highest BCUT2D eigenvalue weighted by molar-refractivity contribution is 7.98. The van der Waals surface area contributed by atoms with E-state index in [4.69, 9.17) is 0 Å². The first-order valence-corrected chi connectivity index (χ1v) is 7.16. The van der Waals surface area contributed by atoms with Crippen LogP contribution in [0, 0.1) is 0 Å². The molecule has 4 heteroatoms. The SMILES string of the molecule is CCN(CC)CC(O)CNC(C)CSC. The molecular weight excluding hydrogens is 208 g/mol. The average Bonchev–Trinajstić information content (AvgIpc) is 2.23. The monoisotopic (exact) mass is 234 g/mol. The van der Waals surface area contributed by atoms with Crippen molar-refractivity contribution in [2.75, 3.05) is 38.2 Å². The van der Waals surface area contributed by atoms with Crippen molar-refractivity contribution in [3.8, 4) is 0 Å². The fourth-order valence-electron chi connectivity index (χ4n) is 1.49. The molecule has 0 aromatic rings. The first-order valence-electron chi connectivity index (χ1n) is 5.76. The minimum atomic E-state index is -0.255. The summed E-state index contributed by atoms with van der Waals surface area (Å²) in [5.41, 5.74) is 0. The quantitative estimate of drug-likeness (QED) is 0.625. The highest BCUT2D eigenvalue weighted by Crippen LogP contribution is 1.97. The molecule has 0 bridgehead atoms. The molecule has 0 aliphatic heterocycles. The third-order valence-electron chi connectivity index (χ3n) is 2.48. The van der Waals surface area contributed by atoms with Gasteiger partial charge < -0.3 is 15.3 Å². The second-order valence-electron chi connectivity index (χ2n) is 3.90. The zero-order valence-corrected chi connectivity index (χ0v) is 11.3. The van der Waals surface area contributed by atoms with Crippen molar-refractivity contribution >= 4 is 11.8 Å². The number of nitrogens with zero attached hydrogens (tertiary/aromatic N) is 1. The Hall–Kier alpha value is 0.230. The molecule has 0 aliphatic rings. The smallest absolute Gasteiger partial charge is 0.0791 e. The largest absolute Gasteiger partial charge is 0.390 e. The van der Waals surface area contributed by atoms with E-state index in [9.17, 15) is 5.11 Å². The van der Waals surface area contributed by atoms with Gasteiger partial charge in [0.15, 0.2) is 0 Å². The Labute approximate surface area is 98.6 Å². The molecule has 2 unspecified atom stereocenters. The van der Waals surface area contributed by atoms with E-state index in [1.165, 1.54) is 0 Å². The molecule has 0 aromatic heterocycles. The Morgan fingerprint density at radius 1 is 1.33 bits per heavy atom. The van der Waals surface area contributed by atoms with Crippen LogP contribution in [0.3, 0.4) is 0 Å². The fourth-order valence-corrected chi connectivity index (χ4v) is 2.11. The van der Waals surface area contributed by atoms with Crippen LogP contribution >= 0.6 is 11.8 Å². The first-order chi connectivity index (χ1) is 7.13. The molecule has 2 N–H and O–H groups in total. The molecule has 0 aromatic carbocycles. The van der Waals surface area contributed by atoms with Gasteiger partial charge in [-0.2, -0.15) is 11.8 Å². The van der Waals surface area contributed by atoms with E-state index in [0.717, 1.165) is 25.4 Å². The van der Waals surface area contributed by atoms with Crippen LogP contribution in [0.4, 0.5) is 0 Å². The molecule has 2 atom stereocenters. The summed E-state index contributed by atoms with van der Waals surface area (Å²) < 4.78 is 0. The van der Waals surface area contributed by atoms with Crippen LogP contribution in [-0.2, 0) is 0 Å². The van der Waals surface area contributed by atoms with E-state index < -0.39 is 0 Å². The lowest BCUT2D eigenvalue weighted by Crippen LogP contribution is -2.41. The molecule has 0 radical (unpaired) electrons. The summed E-state index contributed by atoms with van der Waals surface area (Å²) >= 11 is 1.83. The number of hydrogen-bond acceptors (Lipinski definition) is 4. The van der Waals surface area contributed by atoms with E-state index >= 15 is 0 Å². The van der Waals surface area contributed by atoms with Crippen LogP contribution in [0.2, 0.25) is 0 Å². The lowest BCUT2D eigenvalue weighted by atomic mass is 10.3. The minimum absolute atomic E-state index is 0.255. The predicted molar refractivity (Wildman–Crippen MR) is 69.6 cm³/mol. The van der Waals surface area contributed by atoms with Gasteiger partial charge in [0.2, 0.25) is 0 Å². The van der Waals surface area contributed by atoms with Crippen LogP contribution in [0.1, 0.15) is 20.8 Å².